The number of rotatable bonds is 7. The number of nitrogens with two attached hydrogens (primary N) is 1. The van der Waals surface area contributed by atoms with Gasteiger partial charge in [-0.25, -0.2) is 4.99 Å². The molecule has 0 aliphatic carbocycles. The highest BCUT2D eigenvalue weighted by atomic mass is 16.2. The lowest BCUT2D eigenvalue weighted by molar-refractivity contribution is -0.130. The van der Waals surface area contributed by atoms with Gasteiger partial charge in [0.05, 0.1) is 12.6 Å². The number of carbonyl (C=O) groups excluding carboxylic acids is 2. The summed E-state index contributed by atoms with van der Waals surface area (Å²) < 4.78 is 0. The second kappa shape index (κ2) is 10.3. The Balaban J connectivity index is 1.42. The van der Waals surface area contributed by atoms with Crippen LogP contribution in [0, 0.1) is 0 Å². The van der Waals surface area contributed by atoms with Crippen LogP contribution in [-0.4, -0.2) is 34.6 Å². The molecule has 0 fully saturated rings. The van der Waals surface area contributed by atoms with Crippen LogP contribution in [0.3, 0.4) is 0 Å². The highest BCUT2D eigenvalue weighted by molar-refractivity contribution is 6.09. The molecular formula is C32H30N4O2. The maximum atomic E-state index is 14.1. The second-order valence-electron chi connectivity index (χ2n) is 9.51. The molecule has 6 heteroatoms. The third-order valence-corrected chi connectivity index (χ3v) is 7.19. The highest BCUT2D eigenvalue weighted by Crippen LogP contribution is 2.40. The summed E-state index contributed by atoms with van der Waals surface area (Å²) in [6.45, 7) is 2.21. The Bertz CT molecular complexity index is 1430. The molecule has 1 aliphatic heterocycles. The van der Waals surface area contributed by atoms with Gasteiger partial charge >= 0.3 is 0 Å². The van der Waals surface area contributed by atoms with Crippen LogP contribution in [-0.2, 0) is 16.9 Å². The average Bonchev–Trinajstić information content (AvgIpc) is 3.23. The third kappa shape index (κ3) is 4.45. The molecule has 2 N–H and O–H groups in total. The summed E-state index contributed by atoms with van der Waals surface area (Å²) in [6, 6.07) is 36.1. The zero-order valence-corrected chi connectivity index (χ0v) is 21.5. The van der Waals surface area contributed by atoms with Crippen molar-refractivity contribution in [2.24, 2.45) is 10.7 Å². The van der Waals surface area contributed by atoms with Gasteiger partial charge in [0.15, 0.2) is 11.5 Å². The molecule has 0 saturated heterocycles. The van der Waals surface area contributed by atoms with E-state index in [1.54, 1.807) is 18.0 Å². The van der Waals surface area contributed by atoms with Gasteiger partial charge in [-0.3, -0.25) is 14.5 Å². The Morgan fingerprint density at radius 1 is 0.868 bits per heavy atom. The molecule has 38 heavy (non-hydrogen) atoms. The second-order valence-corrected chi connectivity index (χ2v) is 9.51. The monoisotopic (exact) mass is 502 g/mol. The number of nitrogens with zero attached hydrogens (tertiary/aromatic N) is 3. The summed E-state index contributed by atoms with van der Waals surface area (Å²) in [4.78, 5) is 35.4. The first-order valence-corrected chi connectivity index (χ1v) is 12.6. The molecule has 1 heterocycles. The zero-order valence-electron chi connectivity index (χ0n) is 21.5. The van der Waals surface area contributed by atoms with E-state index in [1.165, 1.54) is 4.90 Å². The van der Waals surface area contributed by atoms with E-state index in [4.69, 9.17) is 10.7 Å². The lowest BCUT2D eigenvalue weighted by Crippen LogP contribution is -2.43. The lowest BCUT2D eigenvalue weighted by Gasteiger charge is -2.27. The summed E-state index contributed by atoms with van der Waals surface area (Å²) in [5.74, 6) is -0.172. The van der Waals surface area contributed by atoms with Crippen LogP contribution < -0.4 is 5.73 Å². The molecule has 0 radical (unpaired) electrons. The van der Waals surface area contributed by atoms with E-state index in [1.807, 2.05) is 116 Å². The number of guanidine groups is 1. The summed E-state index contributed by atoms with van der Waals surface area (Å²) in [6.07, 6.45) is 0. The molecule has 6 nitrogen and oxygen atoms in total. The molecule has 0 spiro atoms. The predicted molar refractivity (Wildman–Crippen MR) is 149 cm³/mol. The number of hydrogen-bond acceptors (Lipinski definition) is 4. The fourth-order valence-electron chi connectivity index (χ4n) is 4.95. The molecule has 0 saturated carbocycles. The van der Waals surface area contributed by atoms with Gasteiger partial charge in [-0.1, -0.05) is 103 Å². The van der Waals surface area contributed by atoms with Crippen LogP contribution in [0.5, 0.6) is 0 Å². The lowest BCUT2D eigenvalue weighted by atomic mass is 9.83. The van der Waals surface area contributed by atoms with E-state index >= 15 is 0 Å². The van der Waals surface area contributed by atoms with E-state index in [9.17, 15) is 9.59 Å². The molecule has 1 aliphatic rings. The average molecular weight is 503 g/mol. The van der Waals surface area contributed by atoms with Crippen LogP contribution >= 0.6 is 0 Å². The van der Waals surface area contributed by atoms with Crippen molar-refractivity contribution < 1.29 is 9.59 Å². The zero-order chi connectivity index (χ0) is 26.7. The van der Waals surface area contributed by atoms with Gasteiger partial charge in [0, 0.05) is 12.6 Å². The maximum absolute atomic E-state index is 14.1. The molecule has 0 aromatic heterocycles. The first-order chi connectivity index (χ1) is 18.4. The first-order valence-electron chi connectivity index (χ1n) is 12.6. The van der Waals surface area contributed by atoms with Gasteiger partial charge < -0.3 is 10.6 Å². The topological polar surface area (TPSA) is 79.0 Å². The van der Waals surface area contributed by atoms with Gasteiger partial charge in [-0.15, -0.1) is 0 Å². The van der Waals surface area contributed by atoms with Gasteiger partial charge in [0.1, 0.15) is 0 Å². The quantitative estimate of drug-likeness (QED) is 0.381. The molecule has 190 valence electrons. The summed E-state index contributed by atoms with van der Waals surface area (Å²) >= 11 is 0. The van der Waals surface area contributed by atoms with Crippen molar-refractivity contribution in [3.63, 3.8) is 0 Å². The number of hydrogen-bond donors (Lipinski definition) is 1. The summed E-state index contributed by atoms with van der Waals surface area (Å²) in [5.41, 5.74) is 9.04. The van der Waals surface area contributed by atoms with Crippen LogP contribution in [0.4, 0.5) is 0 Å². The van der Waals surface area contributed by atoms with Crippen molar-refractivity contribution in [1.82, 2.24) is 9.80 Å². The molecule has 4 aromatic carbocycles. The fourth-order valence-corrected chi connectivity index (χ4v) is 4.95. The van der Waals surface area contributed by atoms with E-state index < -0.39 is 5.54 Å². The minimum Gasteiger partial charge on any atom is -0.369 e. The van der Waals surface area contributed by atoms with Crippen LogP contribution in [0.15, 0.2) is 120 Å². The molecule has 0 bridgehead atoms. The van der Waals surface area contributed by atoms with Crippen LogP contribution in [0.1, 0.15) is 45.6 Å². The Labute approximate surface area is 223 Å². The Morgan fingerprint density at radius 2 is 1.42 bits per heavy atom. The molecule has 4 aromatic rings. The summed E-state index contributed by atoms with van der Waals surface area (Å²) in [7, 11) is 1.80. The number of amides is 2. The predicted octanol–water partition coefficient (Wildman–Crippen LogP) is 5.12. The first kappa shape index (κ1) is 25.0. The number of carbonyl (C=O) groups is 2. The van der Waals surface area contributed by atoms with E-state index in [2.05, 4.69) is 0 Å². The highest BCUT2D eigenvalue weighted by Gasteiger charge is 2.50. The minimum absolute atomic E-state index is 0.0901. The van der Waals surface area contributed by atoms with Crippen LogP contribution in [0.2, 0.25) is 0 Å². The molecule has 2 amide bonds. The Kier molecular flexibility index (Phi) is 6.79. The van der Waals surface area contributed by atoms with Gasteiger partial charge in [0.2, 0.25) is 0 Å². The van der Waals surface area contributed by atoms with Gasteiger partial charge in [0.25, 0.3) is 11.8 Å². The summed E-state index contributed by atoms with van der Waals surface area (Å²) in [5, 5.41) is 0. The number of benzene rings is 4. The fraction of sp³-hybridized carbons (Fsp3) is 0.156. The Hall–Kier alpha value is -4.71. The van der Waals surface area contributed by atoms with Crippen molar-refractivity contribution >= 4 is 17.8 Å². The SMILES string of the molecule is CC(c1ccccc1)N(C)C(=O)c1cccc(CN2C(=O)C(c3ccccc3)(c3ccccc3)N=C2N)c1. The number of aliphatic imine (C=N–C) groups is 1. The van der Waals surface area contributed by atoms with Crippen molar-refractivity contribution in [2.45, 2.75) is 25.0 Å². The normalized spacial score (nSPS) is 15.2. The van der Waals surface area contributed by atoms with Crippen molar-refractivity contribution in [3.8, 4) is 0 Å². The van der Waals surface area contributed by atoms with Crippen molar-refractivity contribution in [3.05, 3.63) is 143 Å². The van der Waals surface area contributed by atoms with Crippen LogP contribution in [0.25, 0.3) is 0 Å². The van der Waals surface area contributed by atoms with E-state index in [-0.39, 0.29) is 30.4 Å². The van der Waals surface area contributed by atoms with Gasteiger partial charge in [-0.05, 0) is 41.3 Å². The van der Waals surface area contributed by atoms with E-state index in [0.717, 1.165) is 22.3 Å². The molecule has 1 unspecified atom stereocenters. The molecular weight excluding hydrogens is 472 g/mol. The van der Waals surface area contributed by atoms with Crippen molar-refractivity contribution in [2.75, 3.05) is 7.05 Å². The minimum atomic E-state index is -1.26. The largest absolute Gasteiger partial charge is 0.369 e. The molecule has 5 rings (SSSR count). The van der Waals surface area contributed by atoms with Crippen molar-refractivity contribution in [1.29, 1.82) is 0 Å². The third-order valence-electron chi connectivity index (χ3n) is 7.19. The van der Waals surface area contributed by atoms with E-state index in [0.29, 0.717) is 5.56 Å². The van der Waals surface area contributed by atoms with Gasteiger partial charge in [-0.2, -0.15) is 0 Å². The smallest absolute Gasteiger partial charge is 0.266 e. The maximum Gasteiger partial charge on any atom is 0.266 e. The molecule has 1 atom stereocenters. The standard InChI is InChI=1S/C32H30N4O2/c1-23(25-14-6-3-7-15-25)35(2)29(37)26-16-12-13-24(21-26)22-36-30(38)32(34-31(36)33,27-17-8-4-9-18-27)28-19-10-5-11-20-28/h3-21,23H,22H2,1-2H3,(H2,33,34). The Morgan fingerprint density at radius 3 is 2.00 bits per heavy atom.